The summed E-state index contributed by atoms with van der Waals surface area (Å²) in [7, 11) is 0. The molecule has 0 unspecified atom stereocenters. The number of nitrogens with zero attached hydrogens (tertiary/aromatic N) is 2. The van der Waals surface area contributed by atoms with Crippen LogP contribution in [0.1, 0.15) is 66.2 Å². The van der Waals surface area contributed by atoms with E-state index in [0.29, 0.717) is 24.9 Å². The Labute approximate surface area is 196 Å². The molecule has 0 aliphatic heterocycles. The second-order valence-corrected chi connectivity index (χ2v) is 8.93. The van der Waals surface area contributed by atoms with Crippen molar-refractivity contribution in [2.75, 3.05) is 65.4 Å². The van der Waals surface area contributed by atoms with Gasteiger partial charge in [0.05, 0.1) is 0 Å². The molecule has 1 fully saturated rings. The summed E-state index contributed by atoms with van der Waals surface area (Å²) in [6, 6.07) is -0.122. The number of carbonyl (C=O) groups is 2. The van der Waals surface area contributed by atoms with Gasteiger partial charge in [-0.3, -0.25) is 0 Å². The first-order valence-electron chi connectivity index (χ1n) is 13.0. The average Bonchev–Trinajstić information content (AvgIpc) is 2.82. The van der Waals surface area contributed by atoms with Gasteiger partial charge in [-0.1, -0.05) is 34.1 Å². The monoisotopic (exact) mass is 454 g/mol. The third-order valence-corrected chi connectivity index (χ3v) is 6.66. The van der Waals surface area contributed by atoms with Gasteiger partial charge in [-0.2, -0.15) is 0 Å². The third kappa shape index (κ3) is 13.1. The maximum Gasteiger partial charge on any atom is 0.314 e. The summed E-state index contributed by atoms with van der Waals surface area (Å²) >= 11 is 0. The molecule has 2 atom stereocenters. The van der Waals surface area contributed by atoms with E-state index in [4.69, 9.17) is 0 Å². The zero-order valence-corrected chi connectivity index (χ0v) is 21.2. The minimum atomic E-state index is -0.0612. The second-order valence-electron chi connectivity index (χ2n) is 8.93. The van der Waals surface area contributed by atoms with Crippen LogP contribution in [0, 0.1) is 11.8 Å². The number of urea groups is 2. The molecule has 0 radical (unpaired) electrons. The number of rotatable bonds is 16. The Bertz CT molecular complexity index is 455. The average molecular weight is 455 g/mol. The molecular weight excluding hydrogens is 404 g/mol. The molecule has 4 amide bonds. The van der Waals surface area contributed by atoms with Crippen molar-refractivity contribution in [3.05, 3.63) is 0 Å². The molecule has 1 aliphatic rings. The zero-order valence-electron chi connectivity index (χ0n) is 21.2. The third-order valence-electron chi connectivity index (χ3n) is 6.66. The summed E-state index contributed by atoms with van der Waals surface area (Å²) in [4.78, 5) is 28.9. The van der Waals surface area contributed by atoms with E-state index in [0.717, 1.165) is 90.9 Å². The van der Waals surface area contributed by atoms with Crippen molar-refractivity contribution in [1.29, 1.82) is 0 Å². The molecule has 0 aromatic carbocycles. The van der Waals surface area contributed by atoms with Crippen molar-refractivity contribution < 1.29 is 9.59 Å². The van der Waals surface area contributed by atoms with Crippen LogP contribution in [0.2, 0.25) is 0 Å². The van der Waals surface area contributed by atoms with Gasteiger partial charge in [0.2, 0.25) is 0 Å². The van der Waals surface area contributed by atoms with E-state index in [1.165, 1.54) is 0 Å². The Morgan fingerprint density at radius 3 is 1.47 bits per heavy atom. The molecule has 0 heterocycles. The van der Waals surface area contributed by atoms with Crippen LogP contribution in [0.3, 0.4) is 0 Å². The first kappa shape index (κ1) is 28.5. The van der Waals surface area contributed by atoms with Crippen LogP contribution in [-0.2, 0) is 0 Å². The van der Waals surface area contributed by atoms with Crippen molar-refractivity contribution in [2.45, 2.75) is 66.2 Å². The van der Waals surface area contributed by atoms with E-state index in [9.17, 15) is 9.59 Å². The van der Waals surface area contributed by atoms with Gasteiger partial charge < -0.3 is 31.1 Å². The van der Waals surface area contributed by atoms with Gasteiger partial charge in [0.1, 0.15) is 0 Å². The maximum atomic E-state index is 12.1. The van der Waals surface area contributed by atoms with Crippen LogP contribution >= 0.6 is 0 Å². The topological polar surface area (TPSA) is 88.7 Å². The summed E-state index contributed by atoms with van der Waals surface area (Å²) in [6.07, 6.45) is 6.47. The highest BCUT2D eigenvalue weighted by Crippen LogP contribution is 2.28. The SMILES string of the molecule is CCN(CC)CCCNC(=O)NC[C@H]1CCC[C@H](CNC(=O)NCCCN(CC)CC)C1. The molecule has 8 heteroatoms. The standard InChI is InChI=1S/C24H50N6O2/c1-5-29(6-2)16-10-14-25-23(31)27-19-21-12-9-13-22(18-21)20-28-24(32)26-15-11-17-30(7-3)8-4/h21-22H,5-20H2,1-4H3,(H2,25,27,31)(H2,26,28,32)/t21-,22-/m0/s1. The van der Waals surface area contributed by atoms with Gasteiger partial charge in [-0.15, -0.1) is 0 Å². The van der Waals surface area contributed by atoms with Gasteiger partial charge in [0, 0.05) is 26.2 Å². The van der Waals surface area contributed by atoms with Crippen LogP contribution in [0.25, 0.3) is 0 Å². The van der Waals surface area contributed by atoms with Crippen LogP contribution in [0.4, 0.5) is 9.59 Å². The van der Waals surface area contributed by atoms with Gasteiger partial charge >= 0.3 is 12.1 Å². The Kier molecular flexibility index (Phi) is 16.0. The molecule has 0 spiro atoms. The van der Waals surface area contributed by atoms with E-state index in [2.05, 4.69) is 58.8 Å². The van der Waals surface area contributed by atoms with Crippen molar-refractivity contribution in [3.63, 3.8) is 0 Å². The molecular formula is C24H50N6O2. The van der Waals surface area contributed by atoms with E-state index >= 15 is 0 Å². The van der Waals surface area contributed by atoms with Crippen LogP contribution in [0.5, 0.6) is 0 Å². The van der Waals surface area contributed by atoms with Gasteiger partial charge in [0.25, 0.3) is 0 Å². The van der Waals surface area contributed by atoms with Gasteiger partial charge in [-0.25, -0.2) is 9.59 Å². The van der Waals surface area contributed by atoms with Crippen molar-refractivity contribution >= 4 is 12.1 Å². The molecule has 0 aromatic rings. The smallest absolute Gasteiger partial charge is 0.314 e. The Morgan fingerprint density at radius 1 is 0.688 bits per heavy atom. The normalized spacial score (nSPS) is 18.6. The van der Waals surface area contributed by atoms with Crippen molar-refractivity contribution in [2.24, 2.45) is 11.8 Å². The number of hydrogen-bond donors (Lipinski definition) is 4. The van der Waals surface area contributed by atoms with Crippen molar-refractivity contribution in [1.82, 2.24) is 31.1 Å². The summed E-state index contributed by atoms with van der Waals surface area (Å²) in [5.41, 5.74) is 0. The zero-order chi connectivity index (χ0) is 23.6. The molecule has 32 heavy (non-hydrogen) atoms. The van der Waals surface area contributed by atoms with E-state index < -0.39 is 0 Å². The van der Waals surface area contributed by atoms with Crippen molar-refractivity contribution in [3.8, 4) is 0 Å². The summed E-state index contributed by atoms with van der Waals surface area (Å²) in [6.45, 7) is 17.8. The summed E-state index contributed by atoms with van der Waals surface area (Å²) in [5.74, 6) is 0.989. The summed E-state index contributed by atoms with van der Waals surface area (Å²) in [5, 5.41) is 12.0. The Hall–Kier alpha value is -1.54. The lowest BCUT2D eigenvalue weighted by molar-refractivity contribution is 0.220. The molecule has 1 aliphatic carbocycles. The molecule has 4 N–H and O–H groups in total. The van der Waals surface area contributed by atoms with E-state index in [-0.39, 0.29) is 12.1 Å². The molecule has 8 nitrogen and oxygen atoms in total. The Balaban J connectivity index is 2.12. The highest BCUT2D eigenvalue weighted by atomic mass is 16.2. The highest BCUT2D eigenvalue weighted by molar-refractivity contribution is 5.74. The number of carbonyl (C=O) groups excluding carboxylic acids is 2. The highest BCUT2D eigenvalue weighted by Gasteiger charge is 2.22. The number of amides is 4. The predicted octanol–water partition coefficient (Wildman–Crippen LogP) is 2.86. The van der Waals surface area contributed by atoms with Gasteiger partial charge in [-0.05, 0) is 83.2 Å². The lowest BCUT2D eigenvalue weighted by Crippen LogP contribution is -2.42. The van der Waals surface area contributed by atoms with E-state index in [1.807, 2.05) is 0 Å². The largest absolute Gasteiger partial charge is 0.338 e. The lowest BCUT2D eigenvalue weighted by Gasteiger charge is -2.29. The Morgan fingerprint density at radius 2 is 1.09 bits per heavy atom. The molecule has 0 aromatic heterocycles. The minimum Gasteiger partial charge on any atom is -0.338 e. The fraction of sp³-hybridized carbons (Fsp3) is 0.917. The number of hydrogen-bond acceptors (Lipinski definition) is 4. The van der Waals surface area contributed by atoms with Crippen LogP contribution in [0.15, 0.2) is 0 Å². The maximum absolute atomic E-state index is 12.1. The molecule has 188 valence electrons. The fourth-order valence-corrected chi connectivity index (χ4v) is 4.46. The first-order valence-corrected chi connectivity index (χ1v) is 13.0. The molecule has 0 bridgehead atoms. The first-order chi connectivity index (χ1) is 15.5. The molecule has 1 saturated carbocycles. The second kappa shape index (κ2) is 18.0. The molecule has 1 rings (SSSR count). The number of nitrogens with one attached hydrogen (secondary N) is 4. The van der Waals surface area contributed by atoms with Crippen LogP contribution < -0.4 is 21.3 Å². The van der Waals surface area contributed by atoms with Gasteiger partial charge in [0.15, 0.2) is 0 Å². The summed E-state index contributed by atoms with van der Waals surface area (Å²) < 4.78 is 0. The quantitative estimate of drug-likeness (QED) is 0.270. The lowest BCUT2D eigenvalue weighted by atomic mass is 9.81. The minimum absolute atomic E-state index is 0.0612. The fourth-order valence-electron chi connectivity index (χ4n) is 4.46. The molecule has 0 saturated heterocycles. The van der Waals surface area contributed by atoms with Crippen LogP contribution in [-0.4, -0.2) is 87.3 Å². The predicted molar refractivity (Wildman–Crippen MR) is 133 cm³/mol. The van der Waals surface area contributed by atoms with E-state index in [1.54, 1.807) is 0 Å².